The maximum absolute atomic E-state index is 11.9. The van der Waals surface area contributed by atoms with Crippen LogP contribution in [0.2, 0.25) is 0 Å². The fourth-order valence-electron chi connectivity index (χ4n) is 1.35. The van der Waals surface area contributed by atoms with E-state index in [4.69, 9.17) is 10.3 Å². The van der Waals surface area contributed by atoms with Gasteiger partial charge in [0, 0.05) is 12.6 Å². The fourth-order valence-corrected chi connectivity index (χ4v) is 2.72. The van der Waals surface area contributed by atoms with Gasteiger partial charge in [-0.05, 0) is 27.2 Å². The maximum atomic E-state index is 11.9. The van der Waals surface area contributed by atoms with Gasteiger partial charge in [0.2, 0.25) is 10.0 Å². The number of aromatic nitrogens is 1. The molecule has 0 saturated heterocycles. The monoisotopic (exact) mass is 247 g/mol. The summed E-state index contributed by atoms with van der Waals surface area (Å²) in [7, 11) is -3.54. The van der Waals surface area contributed by atoms with Crippen molar-refractivity contribution in [2.45, 2.75) is 38.1 Å². The topological polar surface area (TPSA) is 98.2 Å². The molecule has 0 bridgehead atoms. The molecule has 1 unspecified atom stereocenters. The first-order valence-corrected chi connectivity index (χ1v) is 6.51. The van der Waals surface area contributed by atoms with E-state index in [-0.39, 0.29) is 10.9 Å². The zero-order valence-corrected chi connectivity index (χ0v) is 10.5. The third-order valence-electron chi connectivity index (χ3n) is 2.13. The van der Waals surface area contributed by atoms with Crippen LogP contribution in [0, 0.1) is 13.8 Å². The second kappa shape index (κ2) is 4.94. The molecule has 0 aliphatic rings. The van der Waals surface area contributed by atoms with E-state index < -0.39 is 10.0 Å². The van der Waals surface area contributed by atoms with E-state index in [9.17, 15) is 8.42 Å². The number of hydrogen-bond donors (Lipinski definition) is 2. The summed E-state index contributed by atoms with van der Waals surface area (Å²) in [6, 6.07) is -0.0348. The molecule has 16 heavy (non-hydrogen) atoms. The van der Waals surface area contributed by atoms with Crippen molar-refractivity contribution in [1.29, 1.82) is 0 Å². The van der Waals surface area contributed by atoms with Gasteiger partial charge in [-0.3, -0.25) is 0 Å². The van der Waals surface area contributed by atoms with Crippen molar-refractivity contribution < 1.29 is 12.9 Å². The van der Waals surface area contributed by atoms with Crippen LogP contribution in [0.4, 0.5) is 0 Å². The lowest BCUT2D eigenvalue weighted by Crippen LogP contribution is -2.29. The molecular weight excluding hydrogens is 230 g/mol. The second-order valence-corrected chi connectivity index (χ2v) is 5.52. The molecule has 0 saturated carbocycles. The number of rotatable bonds is 5. The normalized spacial score (nSPS) is 14.0. The van der Waals surface area contributed by atoms with Gasteiger partial charge in [-0.2, -0.15) is 0 Å². The Hall–Kier alpha value is -0.920. The Labute approximate surface area is 95.2 Å². The molecule has 7 heteroatoms. The first kappa shape index (κ1) is 13.1. The average molecular weight is 247 g/mol. The van der Waals surface area contributed by atoms with Crippen molar-refractivity contribution in [3.8, 4) is 0 Å². The molecule has 0 aliphatic heterocycles. The van der Waals surface area contributed by atoms with Crippen LogP contribution in [-0.4, -0.2) is 26.2 Å². The van der Waals surface area contributed by atoms with Crippen molar-refractivity contribution in [2.75, 3.05) is 6.54 Å². The van der Waals surface area contributed by atoms with E-state index in [0.717, 1.165) is 0 Å². The molecule has 1 aromatic rings. The van der Waals surface area contributed by atoms with Crippen molar-refractivity contribution in [1.82, 2.24) is 9.88 Å². The maximum Gasteiger partial charge on any atom is 0.245 e. The minimum absolute atomic E-state index is 0.0348. The summed E-state index contributed by atoms with van der Waals surface area (Å²) < 4.78 is 31.0. The Kier molecular flexibility index (Phi) is 4.06. The summed E-state index contributed by atoms with van der Waals surface area (Å²) in [5.74, 6) is 0.297. The summed E-state index contributed by atoms with van der Waals surface area (Å²) >= 11 is 0. The van der Waals surface area contributed by atoms with Crippen molar-refractivity contribution in [3.63, 3.8) is 0 Å². The largest absolute Gasteiger partial charge is 0.360 e. The highest BCUT2D eigenvalue weighted by Crippen LogP contribution is 2.18. The van der Waals surface area contributed by atoms with Gasteiger partial charge in [0.1, 0.15) is 10.6 Å². The van der Waals surface area contributed by atoms with Gasteiger partial charge in [0.05, 0.1) is 0 Å². The molecule has 1 aromatic heterocycles. The molecule has 1 rings (SSSR count). The molecule has 0 aromatic carbocycles. The molecule has 0 fully saturated rings. The molecule has 0 spiro atoms. The molecule has 0 aliphatic carbocycles. The van der Waals surface area contributed by atoms with Crippen LogP contribution in [0.1, 0.15) is 24.8 Å². The van der Waals surface area contributed by atoms with Crippen LogP contribution in [0.15, 0.2) is 9.42 Å². The Bertz CT molecular complexity index is 431. The molecule has 0 amide bonds. The second-order valence-electron chi connectivity index (χ2n) is 3.82. The number of hydrogen-bond acceptors (Lipinski definition) is 5. The van der Waals surface area contributed by atoms with Gasteiger partial charge in [-0.25, -0.2) is 13.1 Å². The quantitative estimate of drug-likeness (QED) is 0.780. The van der Waals surface area contributed by atoms with Crippen LogP contribution in [0.25, 0.3) is 0 Å². The number of nitrogens with two attached hydrogens (primary N) is 1. The molecule has 0 radical (unpaired) electrons. The van der Waals surface area contributed by atoms with Gasteiger partial charge in [0.15, 0.2) is 5.76 Å². The Morgan fingerprint density at radius 3 is 2.56 bits per heavy atom. The number of nitrogens with zero attached hydrogens (tertiary/aromatic N) is 1. The highest BCUT2D eigenvalue weighted by Gasteiger charge is 2.23. The third-order valence-corrected chi connectivity index (χ3v) is 3.83. The van der Waals surface area contributed by atoms with Crippen molar-refractivity contribution in [2.24, 2.45) is 5.73 Å². The SMILES string of the molecule is Cc1noc(C)c1S(=O)(=O)NCCC(C)N. The van der Waals surface area contributed by atoms with E-state index in [1.807, 2.05) is 6.92 Å². The standard InChI is InChI=1S/C9H17N3O3S/c1-6(10)4-5-11-16(13,14)9-7(2)12-15-8(9)3/h6,11H,4-5,10H2,1-3H3. The molecular formula is C9H17N3O3S. The molecule has 3 N–H and O–H groups in total. The lowest BCUT2D eigenvalue weighted by atomic mass is 10.3. The zero-order valence-electron chi connectivity index (χ0n) is 9.65. The molecule has 1 atom stereocenters. The Balaban J connectivity index is 2.79. The van der Waals surface area contributed by atoms with E-state index in [0.29, 0.717) is 24.4 Å². The van der Waals surface area contributed by atoms with Gasteiger partial charge >= 0.3 is 0 Å². The van der Waals surface area contributed by atoms with Crippen molar-refractivity contribution in [3.05, 3.63) is 11.5 Å². The summed E-state index contributed by atoms with van der Waals surface area (Å²) in [6.45, 7) is 5.30. The van der Waals surface area contributed by atoms with Gasteiger partial charge in [0.25, 0.3) is 0 Å². The molecule has 1 heterocycles. The van der Waals surface area contributed by atoms with Crippen LogP contribution < -0.4 is 10.5 Å². The highest BCUT2D eigenvalue weighted by atomic mass is 32.2. The number of aryl methyl sites for hydroxylation is 2. The Morgan fingerprint density at radius 1 is 1.50 bits per heavy atom. The van der Waals surface area contributed by atoms with Crippen LogP contribution in [0.5, 0.6) is 0 Å². The van der Waals surface area contributed by atoms with Crippen LogP contribution in [0.3, 0.4) is 0 Å². The van der Waals surface area contributed by atoms with E-state index in [1.165, 1.54) is 0 Å². The van der Waals surface area contributed by atoms with E-state index in [2.05, 4.69) is 9.88 Å². The molecule has 92 valence electrons. The lowest BCUT2D eigenvalue weighted by molar-refractivity contribution is 0.390. The third kappa shape index (κ3) is 3.03. The predicted octanol–water partition coefficient (Wildman–Crippen LogP) is 0.307. The average Bonchev–Trinajstić information content (AvgIpc) is 2.45. The minimum Gasteiger partial charge on any atom is -0.360 e. The zero-order chi connectivity index (χ0) is 12.3. The van der Waals surface area contributed by atoms with E-state index in [1.54, 1.807) is 13.8 Å². The summed E-state index contributed by atoms with van der Waals surface area (Å²) in [4.78, 5) is 0.122. The first-order valence-electron chi connectivity index (χ1n) is 5.02. The number of sulfonamides is 1. The van der Waals surface area contributed by atoms with E-state index >= 15 is 0 Å². The van der Waals surface area contributed by atoms with Crippen molar-refractivity contribution >= 4 is 10.0 Å². The van der Waals surface area contributed by atoms with Gasteiger partial charge in [-0.15, -0.1) is 0 Å². The number of nitrogens with one attached hydrogen (secondary N) is 1. The molecule has 6 nitrogen and oxygen atoms in total. The summed E-state index contributed by atoms with van der Waals surface area (Å²) in [5.41, 5.74) is 5.90. The summed E-state index contributed by atoms with van der Waals surface area (Å²) in [6.07, 6.45) is 0.586. The Morgan fingerprint density at radius 2 is 2.12 bits per heavy atom. The van der Waals surface area contributed by atoms with Gasteiger partial charge in [-0.1, -0.05) is 5.16 Å². The van der Waals surface area contributed by atoms with Crippen LogP contribution >= 0.6 is 0 Å². The predicted molar refractivity (Wildman–Crippen MR) is 59.4 cm³/mol. The highest BCUT2D eigenvalue weighted by molar-refractivity contribution is 7.89. The van der Waals surface area contributed by atoms with Crippen LogP contribution in [-0.2, 0) is 10.0 Å². The smallest absolute Gasteiger partial charge is 0.245 e. The first-order chi connectivity index (χ1) is 7.34. The van der Waals surface area contributed by atoms with Gasteiger partial charge < -0.3 is 10.3 Å². The lowest BCUT2D eigenvalue weighted by Gasteiger charge is -2.07. The fraction of sp³-hybridized carbons (Fsp3) is 0.667. The summed E-state index contributed by atoms with van der Waals surface area (Å²) in [5, 5.41) is 3.61. The minimum atomic E-state index is -3.54.